The van der Waals surface area contributed by atoms with Crippen LogP contribution in [-0.4, -0.2) is 8.07 Å². The van der Waals surface area contributed by atoms with E-state index in [-0.39, 0.29) is 0 Å². The molecule has 0 unspecified atom stereocenters. The first-order chi connectivity index (χ1) is 13.9. The zero-order valence-electron chi connectivity index (χ0n) is 18.0. The van der Waals surface area contributed by atoms with Crippen molar-refractivity contribution in [1.29, 1.82) is 0 Å². The van der Waals surface area contributed by atoms with Gasteiger partial charge in [0, 0.05) is 18.8 Å². The summed E-state index contributed by atoms with van der Waals surface area (Å²) in [5.41, 5.74) is 5.58. The molecular weight excluding hydrogens is 386 g/mol. The summed E-state index contributed by atoms with van der Waals surface area (Å²) in [5, 5.41) is 6.29. The molecule has 1 fully saturated rings. The van der Waals surface area contributed by atoms with Crippen LogP contribution in [0.3, 0.4) is 0 Å². The molecule has 0 N–H and O–H groups in total. The van der Waals surface area contributed by atoms with Crippen LogP contribution >= 0.6 is 11.3 Å². The molecule has 0 amide bonds. The summed E-state index contributed by atoms with van der Waals surface area (Å²) in [5.74, 6) is 0.751. The van der Waals surface area contributed by atoms with E-state index in [0.29, 0.717) is 0 Å². The van der Waals surface area contributed by atoms with E-state index in [2.05, 4.69) is 85.7 Å². The number of aromatic nitrogens is 1. The number of benzene rings is 2. The van der Waals surface area contributed by atoms with Gasteiger partial charge < -0.3 is 0 Å². The van der Waals surface area contributed by atoms with Crippen LogP contribution in [0.4, 0.5) is 0 Å². The molecule has 0 saturated carbocycles. The summed E-state index contributed by atoms with van der Waals surface area (Å²) in [6.45, 7) is 7.36. The van der Waals surface area contributed by atoms with Crippen LogP contribution < -0.4 is 4.57 Å². The molecular formula is C26H30NSSi+. The average Bonchev–Trinajstić information content (AvgIpc) is 3.14. The molecule has 0 spiro atoms. The van der Waals surface area contributed by atoms with E-state index >= 15 is 0 Å². The summed E-state index contributed by atoms with van der Waals surface area (Å²) >= 11 is 1.83. The fourth-order valence-electron chi connectivity index (χ4n) is 5.09. The SMILES string of the molecule is Cc1cc2ccsc2cc1-c1c2ccc(C3CC[Si](C)(C)CC3)cc2cc[n+]1C. The van der Waals surface area contributed by atoms with Crippen molar-refractivity contribution in [2.75, 3.05) is 0 Å². The van der Waals surface area contributed by atoms with E-state index in [1.165, 1.54) is 62.6 Å². The lowest BCUT2D eigenvalue weighted by atomic mass is 9.90. The second-order valence-corrected chi connectivity index (χ2v) is 16.0. The van der Waals surface area contributed by atoms with Crippen molar-refractivity contribution in [2.45, 2.75) is 50.9 Å². The van der Waals surface area contributed by atoms with Crippen LogP contribution in [0.1, 0.15) is 29.9 Å². The van der Waals surface area contributed by atoms with Gasteiger partial charge in [-0.1, -0.05) is 37.3 Å². The standard InChI is InChI=1S/C26H30NSSi/c1-18-15-22-8-12-28-25(22)17-24(18)26-23-6-5-20(16-21(23)7-11-27(26)2)19-9-13-29(3,4)14-10-19/h5-8,11-12,15-17,19H,9-10,13-14H2,1-4H3/q+1. The smallest absolute Gasteiger partial charge is 0.200 e. The molecule has 1 aliphatic heterocycles. The highest BCUT2D eigenvalue weighted by atomic mass is 32.1. The third-order valence-electron chi connectivity index (χ3n) is 7.03. The fourth-order valence-corrected chi connectivity index (χ4v) is 8.41. The first-order valence-electron chi connectivity index (χ1n) is 10.8. The summed E-state index contributed by atoms with van der Waals surface area (Å²) < 4.78 is 3.66. The molecule has 2 aromatic heterocycles. The Kier molecular flexibility index (Phi) is 4.63. The van der Waals surface area contributed by atoms with E-state index in [4.69, 9.17) is 0 Å². The number of rotatable bonds is 2. The normalized spacial score (nSPS) is 17.2. The minimum atomic E-state index is -0.905. The van der Waals surface area contributed by atoms with Crippen molar-refractivity contribution < 1.29 is 4.57 Å². The van der Waals surface area contributed by atoms with Gasteiger partial charge in [0.05, 0.1) is 10.9 Å². The Bertz CT molecular complexity index is 1210. The molecule has 29 heavy (non-hydrogen) atoms. The van der Waals surface area contributed by atoms with Gasteiger partial charge in [0.2, 0.25) is 5.69 Å². The van der Waals surface area contributed by atoms with Gasteiger partial charge in [-0.3, -0.25) is 0 Å². The second kappa shape index (κ2) is 7.07. The van der Waals surface area contributed by atoms with Gasteiger partial charge in [-0.15, -0.1) is 11.3 Å². The Balaban J connectivity index is 1.61. The quantitative estimate of drug-likeness (QED) is 0.236. The maximum atomic E-state index is 2.56. The average molecular weight is 417 g/mol. The van der Waals surface area contributed by atoms with Crippen LogP contribution in [-0.2, 0) is 7.05 Å². The molecule has 0 aliphatic carbocycles. The molecule has 3 heteroatoms. The molecule has 0 atom stereocenters. The molecule has 4 aromatic rings. The van der Waals surface area contributed by atoms with Crippen molar-refractivity contribution in [3.05, 3.63) is 65.2 Å². The van der Waals surface area contributed by atoms with Crippen LogP contribution in [0.15, 0.2) is 54.0 Å². The lowest BCUT2D eigenvalue weighted by Crippen LogP contribution is -2.31. The number of thiophene rings is 1. The Morgan fingerprint density at radius 2 is 1.76 bits per heavy atom. The summed E-state index contributed by atoms with van der Waals surface area (Å²) in [7, 11) is 1.27. The third kappa shape index (κ3) is 3.45. The highest BCUT2D eigenvalue weighted by Gasteiger charge is 2.29. The van der Waals surface area contributed by atoms with E-state index in [1.807, 2.05) is 11.3 Å². The first-order valence-corrected chi connectivity index (χ1v) is 15.1. The van der Waals surface area contributed by atoms with Crippen LogP contribution in [0.2, 0.25) is 25.2 Å². The van der Waals surface area contributed by atoms with Gasteiger partial charge in [-0.25, -0.2) is 4.57 Å². The highest BCUT2D eigenvalue weighted by molar-refractivity contribution is 7.17. The van der Waals surface area contributed by atoms with E-state index in [9.17, 15) is 0 Å². The molecule has 0 bridgehead atoms. The van der Waals surface area contributed by atoms with Gasteiger partial charge in [-0.2, -0.15) is 0 Å². The molecule has 2 aromatic carbocycles. The molecule has 1 aliphatic rings. The van der Waals surface area contributed by atoms with Crippen LogP contribution in [0, 0.1) is 6.92 Å². The molecule has 5 rings (SSSR count). The van der Waals surface area contributed by atoms with E-state index in [0.717, 1.165) is 5.92 Å². The Morgan fingerprint density at radius 3 is 2.55 bits per heavy atom. The zero-order valence-corrected chi connectivity index (χ0v) is 19.8. The number of nitrogens with zero attached hydrogens (tertiary/aromatic N) is 1. The van der Waals surface area contributed by atoms with Crippen molar-refractivity contribution in [3.63, 3.8) is 0 Å². The Hall–Kier alpha value is -1.97. The van der Waals surface area contributed by atoms with Gasteiger partial charge >= 0.3 is 0 Å². The minimum absolute atomic E-state index is 0.751. The minimum Gasteiger partial charge on any atom is -0.200 e. The largest absolute Gasteiger partial charge is 0.220 e. The van der Waals surface area contributed by atoms with Crippen molar-refractivity contribution in [2.24, 2.45) is 7.05 Å². The van der Waals surface area contributed by atoms with Crippen LogP contribution in [0.5, 0.6) is 0 Å². The van der Waals surface area contributed by atoms with Crippen LogP contribution in [0.25, 0.3) is 32.1 Å². The molecule has 3 heterocycles. The fraction of sp³-hybridized carbons (Fsp3) is 0.346. The highest BCUT2D eigenvalue weighted by Crippen LogP contribution is 2.40. The Labute approximate surface area is 179 Å². The predicted octanol–water partition coefficient (Wildman–Crippen LogP) is 7.44. The zero-order chi connectivity index (χ0) is 20.2. The maximum Gasteiger partial charge on any atom is 0.220 e. The maximum absolute atomic E-state index is 2.56. The molecule has 0 radical (unpaired) electrons. The van der Waals surface area contributed by atoms with E-state index in [1.54, 1.807) is 5.56 Å². The van der Waals surface area contributed by atoms with Crippen molar-refractivity contribution in [3.8, 4) is 11.3 Å². The van der Waals surface area contributed by atoms with Crippen molar-refractivity contribution in [1.82, 2.24) is 0 Å². The third-order valence-corrected chi connectivity index (χ3v) is 11.2. The lowest BCUT2D eigenvalue weighted by molar-refractivity contribution is -0.659. The number of aryl methyl sites for hydroxylation is 2. The lowest BCUT2D eigenvalue weighted by Gasteiger charge is -2.33. The van der Waals surface area contributed by atoms with Crippen molar-refractivity contribution >= 4 is 40.3 Å². The number of hydrogen-bond acceptors (Lipinski definition) is 1. The van der Waals surface area contributed by atoms with Gasteiger partial charge in [0.15, 0.2) is 6.20 Å². The summed E-state index contributed by atoms with van der Waals surface area (Å²) in [4.78, 5) is 0. The monoisotopic (exact) mass is 416 g/mol. The van der Waals surface area contributed by atoms with Gasteiger partial charge in [0.1, 0.15) is 7.05 Å². The first kappa shape index (κ1) is 19.0. The predicted molar refractivity (Wildman–Crippen MR) is 130 cm³/mol. The molecule has 148 valence electrons. The topological polar surface area (TPSA) is 3.88 Å². The number of fused-ring (bicyclic) bond motifs is 2. The number of hydrogen-bond donors (Lipinski definition) is 0. The number of pyridine rings is 1. The van der Waals surface area contributed by atoms with Gasteiger partial charge in [-0.05, 0) is 77.2 Å². The Morgan fingerprint density at radius 1 is 0.966 bits per heavy atom. The van der Waals surface area contributed by atoms with Gasteiger partial charge in [0.25, 0.3) is 0 Å². The summed E-state index contributed by atoms with van der Waals surface area (Å²) in [6.07, 6.45) is 5.00. The molecule has 1 saturated heterocycles. The second-order valence-electron chi connectivity index (χ2n) is 9.69. The van der Waals surface area contributed by atoms with E-state index < -0.39 is 8.07 Å². The summed E-state index contributed by atoms with van der Waals surface area (Å²) in [6, 6.07) is 19.5. The molecule has 1 nitrogen and oxygen atoms in total.